The van der Waals surface area contributed by atoms with E-state index < -0.39 is 0 Å². The summed E-state index contributed by atoms with van der Waals surface area (Å²) in [4.78, 5) is 14.6. The van der Waals surface area contributed by atoms with Gasteiger partial charge in [-0.2, -0.15) is 0 Å². The molecule has 0 radical (unpaired) electrons. The lowest BCUT2D eigenvalue weighted by molar-refractivity contribution is 0.103. The number of thiophene rings is 1. The van der Waals surface area contributed by atoms with Crippen LogP contribution in [0, 0.1) is 5.82 Å². The molecule has 0 fully saturated rings. The van der Waals surface area contributed by atoms with Crippen molar-refractivity contribution < 1.29 is 9.18 Å². The minimum atomic E-state index is -0.290. The number of hydrogen-bond acceptors (Lipinski definition) is 5. The Hall–Kier alpha value is -2.87. The van der Waals surface area contributed by atoms with Crippen LogP contribution in [0.2, 0.25) is 0 Å². The molecule has 4 aromatic rings. The third-order valence-corrected chi connectivity index (χ3v) is 6.27. The van der Waals surface area contributed by atoms with E-state index in [0.29, 0.717) is 16.3 Å². The highest BCUT2D eigenvalue weighted by atomic mass is 32.2. The lowest BCUT2D eigenvalue weighted by atomic mass is 10.0. The molecule has 1 heterocycles. The fourth-order valence-corrected chi connectivity index (χ4v) is 4.32. The van der Waals surface area contributed by atoms with Crippen molar-refractivity contribution in [3.63, 3.8) is 0 Å². The van der Waals surface area contributed by atoms with Crippen molar-refractivity contribution in [2.24, 2.45) is 5.73 Å². The molecule has 0 bridgehead atoms. The van der Waals surface area contributed by atoms with Gasteiger partial charge in [-0.15, -0.1) is 23.1 Å². The summed E-state index contributed by atoms with van der Waals surface area (Å²) in [5, 5.41) is 3.96. The summed E-state index contributed by atoms with van der Waals surface area (Å²) in [6.45, 7) is 2.65. The van der Waals surface area contributed by atoms with Crippen LogP contribution in [0.3, 0.4) is 0 Å². The molecule has 31 heavy (non-hydrogen) atoms. The topological polar surface area (TPSA) is 81.1 Å². The van der Waals surface area contributed by atoms with E-state index in [4.69, 9.17) is 11.5 Å². The zero-order chi connectivity index (χ0) is 22.4. The number of carbonyl (C=O) groups is 1. The largest absolute Gasteiger partial charge is 0.397 e. The number of hydrogen-bond donors (Lipinski definition) is 3. The van der Waals surface area contributed by atoms with Crippen LogP contribution in [-0.4, -0.2) is 18.7 Å². The molecular weight excluding hydrogens is 429 g/mol. The SMILES string of the molecule is CCN.CSc1ccc2sc(C(=O)Nc3cc(-c4ccc(F)cc4)ccc3N)cc2c1. The molecular formula is C24H24FN3OS2. The molecule has 0 aliphatic carbocycles. The summed E-state index contributed by atoms with van der Waals surface area (Å²) in [5.74, 6) is -0.489. The zero-order valence-electron chi connectivity index (χ0n) is 17.3. The molecule has 160 valence electrons. The van der Waals surface area contributed by atoms with Crippen LogP contribution in [0.4, 0.5) is 15.8 Å². The number of nitrogens with two attached hydrogens (primary N) is 2. The standard InChI is InChI=1S/C22H17FN2OS2.C2H7N/c1-27-17-7-9-20-15(10-17)12-21(28-20)22(26)25-19-11-14(4-8-18(19)24)13-2-5-16(23)6-3-13;1-2-3/h2-12H,24H2,1H3,(H,25,26);2-3H2,1H3. The molecule has 0 aliphatic rings. The Kier molecular flexibility index (Phi) is 7.68. The summed E-state index contributed by atoms with van der Waals surface area (Å²) >= 11 is 3.12. The van der Waals surface area contributed by atoms with E-state index in [9.17, 15) is 9.18 Å². The first-order valence-electron chi connectivity index (χ1n) is 9.69. The van der Waals surface area contributed by atoms with Gasteiger partial charge in [0, 0.05) is 9.60 Å². The van der Waals surface area contributed by atoms with Gasteiger partial charge in [-0.25, -0.2) is 4.39 Å². The highest BCUT2D eigenvalue weighted by Crippen LogP contribution is 2.31. The van der Waals surface area contributed by atoms with Gasteiger partial charge in [0.15, 0.2) is 0 Å². The Morgan fingerprint density at radius 2 is 1.71 bits per heavy atom. The average molecular weight is 454 g/mol. The third-order valence-electron chi connectivity index (χ3n) is 4.43. The van der Waals surface area contributed by atoms with Gasteiger partial charge in [0.1, 0.15) is 5.82 Å². The number of thioether (sulfide) groups is 1. The lowest BCUT2D eigenvalue weighted by Gasteiger charge is -2.10. The summed E-state index contributed by atoms with van der Waals surface area (Å²) in [6.07, 6.45) is 2.03. The number of amides is 1. The predicted molar refractivity (Wildman–Crippen MR) is 133 cm³/mol. The normalized spacial score (nSPS) is 10.5. The molecule has 0 unspecified atom stereocenters. The van der Waals surface area contributed by atoms with Crippen LogP contribution < -0.4 is 16.8 Å². The van der Waals surface area contributed by atoms with E-state index in [1.807, 2.05) is 31.4 Å². The molecule has 1 amide bonds. The Balaban J connectivity index is 0.000000858. The van der Waals surface area contributed by atoms with Crippen molar-refractivity contribution in [2.45, 2.75) is 11.8 Å². The number of fused-ring (bicyclic) bond motifs is 1. The number of nitrogen functional groups attached to an aromatic ring is 1. The second-order valence-electron chi connectivity index (χ2n) is 6.69. The Morgan fingerprint density at radius 3 is 2.39 bits per heavy atom. The van der Waals surface area contributed by atoms with Crippen LogP contribution in [0.15, 0.2) is 71.6 Å². The molecule has 0 saturated heterocycles. The minimum Gasteiger partial charge on any atom is -0.397 e. The van der Waals surface area contributed by atoms with E-state index in [2.05, 4.69) is 17.4 Å². The molecule has 0 saturated carbocycles. The summed E-state index contributed by atoms with van der Waals surface area (Å²) in [7, 11) is 0. The zero-order valence-corrected chi connectivity index (χ0v) is 18.9. The maximum atomic E-state index is 13.2. The first-order valence-corrected chi connectivity index (χ1v) is 11.7. The fraction of sp³-hybridized carbons (Fsp3) is 0.125. The summed E-state index contributed by atoms with van der Waals surface area (Å²) < 4.78 is 14.2. The van der Waals surface area contributed by atoms with Crippen molar-refractivity contribution in [1.29, 1.82) is 0 Å². The second kappa shape index (κ2) is 10.4. The average Bonchev–Trinajstić information content (AvgIpc) is 3.20. The van der Waals surface area contributed by atoms with E-state index in [1.54, 1.807) is 36.0 Å². The van der Waals surface area contributed by atoms with Gasteiger partial charge in [0.25, 0.3) is 5.91 Å². The van der Waals surface area contributed by atoms with Gasteiger partial charge >= 0.3 is 0 Å². The summed E-state index contributed by atoms with van der Waals surface area (Å²) in [6, 6.07) is 19.7. The van der Waals surface area contributed by atoms with Crippen molar-refractivity contribution >= 4 is 50.5 Å². The van der Waals surface area contributed by atoms with Gasteiger partial charge < -0.3 is 16.8 Å². The maximum Gasteiger partial charge on any atom is 0.265 e. The number of benzene rings is 3. The molecule has 5 N–H and O–H groups in total. The van der Waals surface area contributed by atoms with E-state index in [1.165, 1.54) is 23.5 Å². The first kappa shape index (κ1) is 22.8. The molecule has 0 spiro atoms. The number of halogens is 1. The number of carbonyl (C=O) groups excluding carboxylic acids is 1. The minimum absolute atomic E-state index is 0.199. The van der Waals surface area contributed by atoms with E-state index in [-0.39, 0.29) is 11.7 Å². The van der Waals surface area contributed by atoms with Crippen LogP contribution in [-0.2, 0) is 0 Å². The van der Waals surface area contributed by atoms with Crippen molar-refractivity contribution in [2.75, 3.05) is 23.9 Å². The monoisotopic (exact) mass is 453 g/mol. The van der Waals surface area contributed by atoms with E-state index >= 15 is 0 Å². The number of anilines is 2. The molecule has 4 rings (SSSR count). The quantitative estimate of drug-likeness (QED) is 0.253. The van der Waals surface area contributed by atoms with Crippen molar-refractivity contribution in [3.05, 3.63) is 77.4 Å². The molecule has 0 aliphatic heterocycles. The molecule has 7 heteroatoms. The van der Waals surface area contributed by atoms with Gasteiger partial charge in [-0.1, -0.05) is 25.1 Å². The van der Waals surface area contributed by atoms with Gasteiger partial charge in [-0.05, 0) is 77.8 Å². The van der Waals surface area contributed by atoms with Crippen LogP contribution in [0.25, 0.3) is 21.2 Å². The molecule has 3 aromatic carbocycles. The van der Waals surface area contributed by atoms with Crippen molar-refractivity contribution in [1.82, 2.24) is 0 Å². The maximum absolute atomic E-state index is 13.2. The Bertz CT molecular complexity index is 1190. The van der Waals surface area contributed by atoms with Gasteiger partial charge in [0.2, 0.25) is 0 Å². The third kappa shape index (κ3) is 5.64. The number of nitrogens with one attached hydrogen (secondary N) is 1. The van der Waals surface area contributed by atoms with Gasteiger partial charge in [0.05, 0.1) is 16.3 Å². The smallest absolute Gasteiger partial charge is 0.265 e. The molecule has 0 atom stereocenters. The van der Waals surface area contributed by atoms with Gasteiger partial charge in [-0.3, -0.25) is 4.79 Å². The van der Waals surface area contributed by atoms with Crippen LogP contribution in [0.5, 0.6) is 0 Å². The Labute approximate surface area is 189 Å². The lowest BCUT2D eigenvalue weighted by Crippen LogP contribution is -2.11. The molecule has 1 aromatic heterocycles. The van der Waals surface area contributed by atoms with Crippen LogP contribution in [0.1, 0.15) is 16.6 Å². The highest BCUT2D eigenvalue weighted by Gasteiger charge is 2.13. The van der Waals surface area contributed by atoms with E-state index in [0.717, 1.165) is 32.7 Å². The first-order chi connectivity index (χ1) is 14.9. The van der Waals surface area contributed by atoms with Crippen LogP contribution >= 0.6 is 23.1 Å². The Morgan fingerprint density at radius 1 is 1.03 bits per heavy atom. The second-order valence-corrected chi connectivity index (χ2v) is 8.65. The highest BCUT2D eigenvalue weighted by molar-refractivity contribution is 7.98. The van der Waals surface area contributed by atoms with Crippen molar-refractivity contribution in [3.8, 4) is 11.1 Å². The number of rotatable bonds is 4. The fourth-order valence-electron chi connectivity index (χ4n) is 2.93. The predicted octanol–water partition coefficient (Wildman–Crippen LogP) is 6.23. The molecule has 4 nitrogen and oxygen atoms in total. The summed E-state index contributed by atoms with van der Waals surface area (Å²) in [5.41, 5.74) is 13.6.